The van der Waals surface area contributed by atoms with Crippen LogP contribution in [0.4, 0.5) is 28.8 Å². The van der Waals surface area contributed by atoms with Gasteiger partial charge in [-0.2, -0.15) is 4.98 Å². The molecule has 4 rings (SSSR count). The number of anilines is 5. The number of benzene rings is 2. The van der Waals surface area contributed by atoms with Crippen molar-refractivity contribution in [3.63, 3.8) is 0 Å². The maximum Gasteiger partial charge on any atom is 0.229 e. The van der Waals surface area contributed by atoms with Crippen molar-refractivity contribution in [1.82, 2.24) is 14.9 Å². The number of nitrogens with one attached hydrogen (secondary N) is 2. The SMILES string of the molecule is COc1cc(N2CCN(C(C)=O)CC2)ccc1Nc1ncc(Br)c(Nc2ccccc2)n1. The summed E-state index contributed by atoms with van der Waals surface area (Å²) in [5.74, 6) is 1.93. The van der Waals surface area contributed by atoms with Crippen LogP contribution in [0.2, 0.25) is 0 Å². The first-order valence-electron chi connectivity index (χ1n) is 10.3. The zero-order chi connectivity index (χ0) is 22.5. The molecule has 9 heteroatoms. The quantitative estimate of drug-likeness (QED) is 0.522. The van der Waals surface area contributed by atoms with E-state index in [0.29, 0.717) is 17.5 Å². The third-order valence-corrected chi connectivity index (χ3v) is 5.88. The molecule has 2 heterocycles. The minimum Gasteiger partial charge on any atom is -0.494 e. The number of carbonyl (C=O) groups is 1. The number of nitrogens with zero attached hydrogens (tertiary/aromatic N) is 4. The van der Waals surface area contributed by atoms with Crippen LogP contribution in [0.15, 0.2) is 59.2 Å². The Morgan fingerprint density at radius 3 is 2.50 bits per heavy atom. The third-order valence-electron chi connectivity index (χ3n) is 5.30. The lowest BCUT2D eigenvalue weighted by Gasteiger charge is -2.35. The number of para-hydroxylation sites is 1. The zero-order valence-corrected chi connectivity index (χ0v) is 19.6. The smallest absolute Gasteiger partial charge is 0.229 e. The molecule has 8 nitrogen and oxygen atoms in total. The van der Waals surface area contributed by atoms with Crippen LogP contribution < -0.4 is 20.3 Å². The molecule has 1 saturated heterocycles. The van der Waals surface area contributed by atoms with Crippen molar-refractivity contribution in [3.05, 3.63) is 59.2 Å². The molecule has 0 bridgehead atoms. The van der Waals surface area contributed by atoms with E-state index in [-0.39, 0.29) is 5.91 Å². The Kier molecular flexibility index (Phi) is 6.75. The summed E-state index contributed by atoms with van der Waals surface area (Å²) in [6.45, 7) is 4.65. The van der Waals surface area contributed by atoms with Crippen LogP contribution in [0, 0.1) is 0 Å². The molecule has 166 valence electrons. The predicted octanol–water partition coefficient (Wildman–Crippen LogP) is 4.40. The Morgan fingerprint density at radius 1 is 1.06 bits per heavy atom. The molecule has 2 aromatic carbocycles. The van der Waals surface area contributed by atoms with Gasteiger partial charge in [-0.3, -0.25) is 4.79 Å². The summed E-state index contributed by atoms with van der Waals surface area (Å²) in [6.07, 6.45) is 1.70. The van der Waals surface area contributed by atoms with Gasteiger partial charge in [-0.15, -0.1) is 0 Å². The monoisotopic (exact) mass is 496 g/mol. The van der Waals surface area contributed by atoms with E-state index in [9.17, 15) is 4.79 Å². The van der Waals surface area contributed by atoms with Crippen molar-refractivity contribution in [1.29, 1.82) is 0 Å². The van der Waals surface area contributed by atoms with E-state index in [1.807, 2.05) is 53.4 Å². The minimum atomic E-state index is 0.123. The number of ether oxygens (including phenoxy) is 1. The summed E-state index contributed by atoms with van der Waals surface area (Å²) < 4.78 is 6.39. The summed E-state index contributed by atoms with van der Waals surface area (Å²) in [7, 11) is 1.64. The highest BCUT2D eigenvalue weighted by molar-refractivity contribution is 9.10. The van der Waals surface area contributed by atoms with Crippen molar-refractivity contribution >= 4 is 50.7 Å². The van der Waals surface area contributed by atoms with E-state index in [1.54, 1.807) is 20.2 Å². The molecule has 0 unspecified atom stereocenters. The van der Waals surface area contributed by atoms with Crippen LogP contribution in [0.3, 0.4) is 0 Å². The Hall–Kier alpha value is -3.33. The summed E-state index contributed by atoms with van der Waals surface area (Å²) in [5, 5.41) is 6.54. The van der Waals surface area contributed by atoms with Crippen molar-refractivity contribution in [3.8, 4) is 5.75 Å². The van der Waals surface area contributed by atoms with E-state index in [1.165, 1.54) is 0 Å². The molecule has 0 atom stereocenters. The fraction of sp³-hybridized carbons (Fsp3) is 0.261. The van der Waals surface area contributed by atoms with Gasteiger partial charge in [0, 0.05) is 56.7 Å². The normalized spacial score (nSPS) is 13.6. The molecule has 1 aliphatic rings. The summed E-state index contributed by atoms with van der Waals surface area (Å²) in [6, 6.07) is 15.8. The molecule has 0 saturated carbocycles. The first-order valence-corrected chi connectivity index (χ1v) is 11.1. The van der Waals surface area contributed by atoms with E-state index >= 15 is 0 Å². The molecule has 0 aliphatic carbocycles. The summed E-state index contributed by atoms with van der Waals surface area (Å²) in [4.78, 5) is 24.7. The Balaban J connectivity index is 1.50. The molecular weight excluding hydrogens is 472 g/mol. The average Bonchev–Trinajstić information content (AvgIpc) is 2.82. The Bertz CT molecular complexity index is 1090. The van der Waals surface area contributed by atoms with Crippen molar-refractivity contribution in [2.45, 2.75) is 6.92 Å². The third kappa shape index (κ3) is 5.11. The van der Waals surface area contributed by atoms with Crippen LogP contribution in [-0.2, 0) is 4.79 Å². The molecule has 1 fully saturated rings. The maximum atomic E-state index is 11.6. The van der Waals surface area contributed by atoms with E-state index in [4.69, 9.17) is 4.74 Å². The second-order valence-corrected chi connectivity index (χ2v) is 8.24. The molecule has 32 heavy (non-hydrogen) atoms. The van der Waals surface area contributed by atoms with Crippen LogP contribution in [0.25, 0.3) is 0 Å². The van der Waals surface area contributed by atoms with Crippen LogP contribution in [-0.4, -0.2) is 54.1 Å². The Morgan fingerprint density at radius 2 is 1.81 bits per heavy atom. The number of methoxy groups -OCH3 is 1. The Labute approximate surface area is 195 Å². The van der Waals surface area contributed by atoms with E-state index in [0.717, 1.165) is 47.7 Å². The summed E-state index contributed by atoms with van der Waals surface area (Å²) in [5.41, 5.74) is 2.76. The highest BCUT2D eigenvalue weighted by Crippen LogP contribution is 2.33. The van der Waals surface area contributed by atoms with Crippen molar-refractivity contribution in [2.24, 2.45) is 0 Å². The number of amides is 1. The molecule has 1 aliphatic heterocycles. The second kappa shape index (κ2) is 9.86. The van der Waals surface area contributed by atoms with Crippen LogP contribution in [0.5, 0.6) is 5.75 Å². The van der Waals surface area contributed by atoms with Crippen LogP contribution >= 0.6 is 15.9 Å². The minimum absolute atomic E-state index is 0.123. The average molecular weight is 497 g/mol. The molecule has 0 radical (unpaired) electrons. The van der Waals surface area contributed by atoms with Gasteiger partial charge < -0.3 is 25.2 Å². The number of rotatable bonds is 6. The lowest BCUT2D eigenvalue weighted by atomic mass is 10.2. The number of piperazine rings is 1. The fourth-order valence-corrected chi connectivity index (χ4v) is 3.84. The first-order chi connectivity index (χ1) is 15.5. The maximum absolute atomic E-state index is 11.6. The fourth-order valence-electron chi connectivity index (χ4n) is 3.55. The van der Waals surface area contributed by atoms with Gasteiger partial charge in [0.2, 0.25) is 11.9 Å². The van der Waals surface area contributed by atoms with Gasteiger partial charge in [-0.05, 0) is 40.2 Å². The molecule has 2 N–H and O–H groups in total. The molecular formula is C23H25BrN6O2. The lowest BCUT2D eigenvalue weighted by Crippen LogP contribution is -2.48. The molecule has 3 aromatic rings. The van der Waals surface area contributed by atoms with E-state index in [2.05, 4.69) is 41.4 Å². The number of halogens is 1. The number of aromatic nitrogens is 2. The largest absolute Gasteiger partial charge is 0.494 e. The van der Waals surface area contributed by atoms with Gasteiger partial charge in [-0.25, -0.2) is 4.98 Å². The van der Waals surface area contributed by atoms with Gasteiger partial charge in [0.15, 0.2) is 0 Å². The standard InChI is InChI=1S/C23H25BrN6O2/c1-16(31)29-10-12-30(13-11-29)18-8-9-20(21(14-18)32-2)27-23-25-15-19(24)22(28-23)26-17-6-4-3-5-7-17/h3-9,14-15H,10-13H2,1-2H3,(H2,25,26,27,28). The van der Waals surface area contributed by atoms with Gasteiger partial charge in [0.05, 0.1) is 17.3 Å². The number of carbonyl (C=O) groups excluding carboxylic acids is 1. The van der Waals surface area contributed by atoms with Gasteiger partial charge in [-0.1, -0.05) is 18.2 Å². The highest BCUT2D eigenvalue weighted by Gasteiger charge is 2.20. The van der Waals surface area contributed by atoms with Gasteiger partial charge in [0.1, 0.15) is 11.6 Å². The van der Waals surface area contributed by atoms with Crippen molar-refractivity contribution in [2.75, 3.05) is 48.8 Å². The molecule has 1 amide bonds. The molecule has 0 spiro atoms. The first kappa shape index (κ1) is 21.9. The molecule has 1 aromatic heterocycles. The lowest BCUT2D eigenvalue weighted by molar-refractivity contribution is -0.129. The predicted molar refractivity (Wildman–Crippen MR) is 130 cm³/mol. The number of hydrogen-bond donors (Lipinski definition) is 2. The second-order valence-electron chi connectivity index (χ2n) is 7.38. The topological polar surface area (TPSA) is 82.6 Å². The van der Waals surface area contributed by atoms with Gasteiger partial charge in [0.25, 0.3) is 0 Å². The van der Waals surface area contributed by atoms with Crippen molar-refractivity contribution < 1.29 is 9.53 Å². The van der Waals surface area contributed by atoms with Gasteiger partial charge >= 0.3 is 0 Å². The summed E-state index contributed by atoms with van der Waals surface area (Å²) >= 11 is 3.50. The highest BCUT2D eigenvalue weighted by atomic mass is 79.9. The number of hydrogen-bond acceptors (Lipinski definition) is 7. The van der Waals surface area contributed by atoms with Crippen LogP contribution in [0.1, 0.15) is 6.92 Å². The zero-order valence-electron chi connectivity index (χ0n) is 18.0. The van der Waals surface area contributed by atoms with E-state index < -0.39 is 0 Å².